The SMILES string of the molecule is Cc1cccc(C(C(=O)NC(Cc2ccccc2)C(=O)OC(C)(C)C)N(C(=O)CNC(=O)OC(C)(C)C)C2CCC2)c1C. The van der Waals surface area contributed by atoms with Crippen molar-refractivity contribution in [1.82, 2.24) is 15.5 Å². The Hall–Kier alpha value is -3.88. The molecule has 0 aromatic heterocycles. The fourth-order valence-electron chi connectivity index (χ4n) is 4.93. The van der Waals surface area contributed by atoms with E-state index in [2.05, 4.69) is 10.6 Å². The van der Waals surface area contributed by atoms with E-state index >= 15 is 0 Å². The molecule has 0 spiro atoms. The third kappa shape index (κ3) is 9.83. The summed E-state index contributed by atoms with van der Waals surface area (Å²) in [7, 11) is 0. The van der Waals surface area contributed by atoms with E-state index in [-0.39, 0.29) is 19.0 Å². The second kappa shape index (κ2) is 14.1. The van der Waals surface area contributed by atoms with E-state index in [9.17, 15) is 19.2 Å². The summed E-state index contributed by atoms with van der Waals surface area (Å²) in [6.45, 7) is 14.1. The van der Waals surface area contributed by atoms with Gasteiger partial charge >= 0.3 is 12.1 Å². The number of hydrogen-bond donors (Lipinski definition) is 2. The predicted molar refractivity (Wildman–Crippen MR) is 165 cm³/mol. The number of rotatable bonds is 10. The minimum Gasteiger partial charge on any atom is -0.458 e. The van der Waals surface area contributed by atoms with Gasteiger partial charge in [-0.25, -0.2) is 9.59 Å². The van der Waals surface area contributed by atoms with Crippen molar-refractivity contribution in [2.45, 2.75) is 110 Å². The fourth-order valence-corrected chi connectivity index (χ4v) is 4.93. The van der Waals surface area contributed by atoms with E-state index < -0.39 is 47.2 Å². The first-order valence-corrected chi connectivity index (χ1v) is 15.0. The molecule has 1 saturated carbocycles. The number of carbonyl (C=O) groups excluding carboxylic acids is 4. The molecule has 1 aliphatic rings. The smallest absolute Gasteiger partial charge is 0.408 e. The van der Waals surface area contributed by atoms with Gasteiger partial charge < -0.3 is 25.0 Å². The molecule has 2 atom stereocenters. The van der Waals surface area contributed by atoms with Crippen molar-refractivity contribution in [3.05, 3.63) is 70.8 Å². The van der Waals surface area contributed by atoms with Crippen molar-refractivity contribution in [2.75, 3.05) is 6.54 Å². The van der Waals surface area contributed by atoms with Gasteiger partial charge in [0, 0.05) is 12.5 Å². The summed E-state index contributed by atoms with van der Waals surface area (Å²) in [5.41, 5.74) is 1.88. The topological polar surface area (TPSA) is 114 Å². The fraction of sp³-hybridized carbons (Fsp3) is 0.529. The zero-order valence-electron chi connectivity index (χ0n) is 26.8. The molecule has 2 unspecified atom stereocenters. The number of ether oxygens (including phenoxy) is 2. The van der Waals surface area contributed by atoms with Crippen molar-refractivity contribution in [2.24, 2.45) is 0 Å². The highest BCUT2D eigenvalue weighted by atomic mass is 16.6. The Morgan fingerprint density at radius 3 is 2.07 bits per heavy atom. The van der Waals surface area contributed by atoms with Gasteiger partial charge in [-0.05, 0) is 96.9 Å². The zero-order chi connectivity index (χ0) is 31.9. The van der Waals surface area contributed by atoms with E-state index in [0.29, 0.717) is 5.56 Å². The summed E-state index contributed by atoms with van der Waals surface area (Å²) in [6.07, 6.45) is 1.89. The minimum absolute atomic E-state index is 0.197. The van der Waals surface area contributed by atoms with Crippen LogP contribution in [0.15, 0.2) is 48.5 Å². The molecule has 43 heavy (non-hydrogen) atoms. The Morgan fingerprint density at radius 2 is 1.51 bits per heavy atom. The molecule has 1 fully saturated rings. The van der Waals surface area contributed by atoms with Crippen LogP contribution in [0.1, 0.15) is 89.1 Å². The minimum atomic E-state index is -1.03. The van der Waals surface area contributed by atoms with E-state index in [1.165, 1.54) is 0 Å². The van der Waals surface area contributed by atoms with Gasteiger partial charge in [-0.1, -0.05) is 48.5 Å². The van der Waals surface area contributed by atoms with E-state index in [1.807, 2.05) is 62.4 Å². The van der Waals surface area contributed by atoms with Crippen LogP contribution in [0.5, 0.6) is 0 Å². The summed E-state index contributed by atoms with van der Waals surface area (Å²) in [5, 5.41) is 5.50. The Morgan fingerprint density at radius 1 is 0.884 bits per heavy atom. The molecular formula is C34H47N3O6. The zero-order valence-corrected chi connectivity index (χ0v) is 26.8. The van der Waals surface area contributed by atoms with Crippen LogP contribution in [0.4, 0.5) is 4.79 Å². The standard InChI is InChI=1S/C34H47N3O6/c1-22-14-12-19-26(23(22)2)29(37(25-17-13-18-25)28(38)21-35-32(41)43-34(6,7)8)30(39)36-27(31(40)42-33(3,4)5)20-24-15-10-9-11-16-24/h9-12,14-16,19,25,27,29H,13,17-18,20-21H2,1-8H3,(H,35,41)(H,36,39). The quantitative estimate of drug-likeness (QED) is 0.361. The average Bonchev–Trinajstić information content (AvgIpc) is 2.86. The summed E-state index contributed by atoms with van der Waals surface area (Å²) in [6, 6.07) is 12.8. The molecule has 0 saturated heterocycles. The maximum absolute atomic E-state index is 14.4. The van der Waals surface area contributed by atoms with Gasteiger partial charge in [-0.15, -0.1) is 0 Å². The second-order valence-electron chi connectivity index (χ2n) is 13.2. The average molecular weight is 594 g/mol. The van der Waals surface area contributed by atoms with Gasteiger partial charge in [-0.2, -0.15) is 0 Å². The first kappa shape index (κ1) is 33.6. The lowest BCUT2D eigenvalue weighted by molar-refractivity contribution is -0.159. The number of alkyl carbamates (subject to hydrolysis) is 1. The first-order chi connectivity index (χ1) is 20.1. The van der Waals surface area contributed by atoms with Crippen LogP contribution in [0.3, 0.4) is 0 Å². The number of hydrogen-bond acceptors (Lipinski definition) is 6. The number of benzene rings is 2. The molecule has 3 rings (SSSR count). The van der Waals surface area contributed by atoms with Crippen molar-refractivity contribution >= 4 is 23.9 Å². The van der Waals surface area contributed by atoms with Crippen LogP contribution in [-0.2, 0) is 30.3 Å². The van der Waals surface area contributed by atoms with Crippen molar-refractivity contribution in [3.8, 4) is 0 Å². The molecule has 0 bridgehead atoms. The van der Waals surface area contributed by atoms with Gasteiger partial charge in [0.25, 0.3) is 0 Å². The molecule has 1 aliphatic carbocycles. The molecule has 2 aromatic rings. The molecule has 2 N–H and O–H groups in total. The highest BCUT2D eigenvalue weighted by molar-refractivity contribution is 5.93. The molecule has 9 nitrogen and oxygen atoms in total. The molecule has 0 aliphatic heterocycles. The first-order valence-electron chi connectivity index (χ1n) is 15.0. The lowest BCUT2D eigenvalue weighted by Gasteiger charge is -2.43. The highest BCUT2D eigenvalue weighted by Crippen LogP contribution is 2.35. The van der Waals surface area contributed by atoms with Gasteiger partial charge in [0.2, 0.25) is 11.8 Å². The van der Waals surface area contributed by atoms with Gasteiger partial charge in [0.1, 0.15) is 29.8 Å². The number of esters is 1. The molecule has 3 amide bonds. The number of carbonyl (C=O) groups is 4. The lowest BCUT2D eigenvalue weighted by Crippen LogP contribution is -2.56. The van der Waals surface area contributed by atoms with Crippen molar-refractivity contribution in [1.29, 1.82) is 0 Å². The maximum atomic E-state index is 14.4. The monoisotopic (exact) mass is 593 g/mol. The van der Waals surface area contributed by atoms with Gasteiger partial charge in [0.15, 0.2) is 0 Å². The van der Waals surface area contributed by atoms with Gasteiger partial charge in [-0.3, -0.25) is 9.59 Å². The van der Waals surface area contributed by atoms with Crippen LogP contribution in [0.25, 0.3) is 0 Å². The Bertz CT molecular complexity index is 1290. The van der Waals surface area contributed by atoms with Crippen LogP contribution >= 0.6 is 0 Å². The normalized spacial score (nSPS) is 15.0. The van der Waals surface area contributed by atoms with Crippen molar-refractivity contribution in [3.63, 3.8) is 0 Å². The molecule has 2 aromatic carbocycles. The Kier molecular flexibility index (Phi) is 11.0. The van der Waals surface area contributed by atoms with E-state index in [4.69, 9.17) is 9.47 Å². The molecular weight excluding hydrogens is 546 g/mol. The third-order valence-electron chi connectivity index (χ3n) is 7.30. The number of aryl methyl sites for hydroxylation is 1. The molecule has 0 radical (unpaired) electrons. The van der Waals surface area contributed by atoms with E-state index in [1.54, 1.807) is 46.4 Å². The Balaban J connectivity index is 1.99. The number of nitrogens with zero attached hydrogens (tertiary/aromatic N) is 1. The largest absolute Gasteiger partial charge is 0.458 e. The van der Waals surface area contributed by atoms with E-state index in [0.717, 1.165) is 36.0 Å². The lowest BCUT2D eigenvalue weighted by atomic mass is 9.87. The summed E-state index contributed by atoms with van der Waals surface area (Å²) in [5.74, 6) is -1.45. The Labute approximate surface area is 255 Å². The second-order valence-corrected chi connectivity index (χ2v) is 13.2. The molecule has 234 valence electrons. The van der Waals surface area contributed by atoms with Crippen LogP contribution in [0.2, 0.25) is 0 Å². The maximum Gasteiger partial charge on any atom is 0.408 e. The van der Waals surface area contributed by atoms with Crippen molar-refractivity contribution < 1.29 is 28.7 Å². The third-order valence-corrected chi connectivity index (χ3v) is 7.30. The molecule has 0 heterocycles. The van der Waals surface area contributed by atoms with Crippen LogP contribution < -0.4 is 10.6 Å². The van der Waals surface area contributed by atoms with Crippen LogP contribution in [0, 0.1) is 13.8 Å². The highest BCUT2D eigenvalue weighted by Gasteiger charge is 2.41. The van der Waals surface area contributed by atoms with Crippen LogP contribution in [-0.4, -0.2) is 58.6 Å². The summed E-state index contributed by atoms with van der Waals surface area (Å²) >= 11 is 0. The predicted octanol–water partition coefficient (Wildman–Crippen LogP) is 5.32. The number of amides is 3. The molecule has 9 heteroatoms. The number of nitrogens with one attached hydrogen (secondary N) is 2. The summed E-state index contributed by atoms with van der Waals surface area (Å²) in [4.78, 5) is 55.6. The summed E-state index contributed by atoms with van der Waals surface area (Å²) < 4.78 is 11.0. The van der Waals surface area contributed by atoms with Gasteiger partial charge in [0.05, 0.1) is 0 Å².